The average molecular weight is 390 g/mol. The fourth-order valence-corrected chi connectivity index (χ4v) is 3.40. The van der Waals surface area contributed by atoms with Crippen LogP contribution in [0.15, 0.2) is 53.1 Å². The van der Waals surface area contributed by atoms with Crippen molar-refractivity contribution in [1.29, 1.82) is 0 Å². The summed E-state index contributed by atoms with van der Waals surface area (Å²) in [5.41, 5.74) is 3.70. The molecule has 0 bridgehead atoms. The molecule has 0 spiro atoms. The quantitative estimate of drug-likeness (QED) is 0.723. The van der Waals surface area contributed by atoms with Gasteiger partial charge in [-0.05, 0) is 24.6 Å². The molecule has 1 N–H and O–H groups in total. The van der Waals surface area contributed by atoms with E-state index in [0.29, 0.717) is 24.8 Å². The molecule has 1 saturated heterocycles. The maximum atomic E-state index is 12.6. The van der Waals surface area contributed by atoms with Gasteiger partial charge in [-0.1, -0.05) is 47.1 Å². The van der Waals surface area contributed by atoms with Gasteiger partial charge in [0.05, 0.1) is 5.92 Å². The van der Waals surface area contributed by atoms with Gasteiger partial charge in [-0.3, -0.25) is 9.59 Å². The summed E-state index contributed by atoms with van der Waals surface area (Å²) in [7, 11) is 0. The van der Waals surface area contributed by atoms with Crippen LogP contribution in [-0.2, 0) is 16.1 Å². The van der Waals surface area contributed by atoms with Crippen molar-refractivity contribution in [3.8, 4) is 11.4 Å². The van der Waals surface area contributed by atoms with E-state index < -0.39 is 0 Å². The third-order valence-corrected chi connectivity index (χ3v) is 5.03. The Balaban J connectivity index is 1.42. The van der Waals surface area contributed by atoms with E-state index >= 15 is 0 Å². The maximum absolute atomic E-state index is 12.6. The highest BCUT2D eigenvalue weighted by Gasteiger charge is 2.35. The van der Waals surface area contributed by atoms with Crippen molar-refractivity contribution >= 4 is 17.5 Å². The van der Waals surface area contributed by atoms with Crippen LogP contribution in [0.25, 0.3) is 11.4 Å². The van der Waals surface area contributed by atoms with Crippen molar-refractivity contribution in [2.75, 3.05) is 11.4 Å². The van der Waals surface area contributed by atoms with Crippen LogP contribution in [0.5, 0.6) is 0 Å². The van der Waals surface area contributed by atoms with Crippen LogP contribution in [0, 0.1) is 19.8 Å². The number of aryl methyl sites for hydroxylation is 2. The van der Waals surface area contributed by atoms with Crippen molar-refractivity contribution in [2.24, 2.45) is 5.92 Å². The van der Waals surface area contributed by atoms with Gasteiger partial charge in [0, 0.05) is 37.7 Å². The van der Waals surface area contributed by atoms with E-state index in [9.17, 15) is 9.59 Å². The van der Waals surface area contributed by atoms with Crippen molar-refractivity contribution in [1.82, 2.24) is 15.5 Å². The highest BCUT2D eigenvalue weighted by Crippen LogP contribution is 2.28. The fourth-order valence-electron chi connectivity index (χ4n) is 3.40. The Labute approximate surface area is 168 Å². The normalized spacial score (nSPS) is 16.3. The van der Waals surface area contributed by atoms with E-state index in [1.807, 2.05) is 55.5 Å². The third-order valence-electron chi connectivity index (χ3n) is 5.03. The molecule has 7 nitrogen and oxygen atoms in total. The smallest absolute Gasteiger partial charge is 0.227 e. The van der Waals surface area contributed by atoms with Gasteiger partial charge in [-0.25, -0.2) is 0 Å². The first kappa shape index (κ1) is 18.9. The average Bonchev–Trinajstić information content (AvgIpc) is 3.33. The summed E-state index contributed by atoms with van der Waals surface area (Å²) in [4.78, 5) is 31.0. The van der Waals surface area contributed by atoms with Crippen LogP contribution >= 0.6 is 0 Å². The lowest BCUT2D eigenvalue weighted by Gasteiger charge is -2.17. The van der Waals surface area contributed by atoms with E-state index in [1.54, 1.807) is 11.8 Å². The molecule has 1 aliphatic heterocycles. The predicted octanol–water partition coefficient (Wildman–Crippen LogP) is 3.02. The molecular formula is C22H22N4O3. The lowest BCUT2D eigenvalue weighted by Crippen LogP contribution is -2.32. The summed E-state index contributed by atoms with van der Waals surface area (Å²) >= 11 is 0. The minimum atomic E-state index is -0.371. The first-order valence-electron chi connectivity index (χ1n) is 9.54. The van der Waals surface area contributed by atoms with Crippen LogP contribution < -0.4 is 10.2 Å². The summed E-state index contributed by atoms with van der Waals surface area (Å²) in [6.07, 6.45) is 0.200. The zero-order valence-corrected chi connectivity index (χ0v) is 16.4. The van der Waals surface area contributed by atoms with Crippen LogP contribution in [-0.4, -0.2) is 28.5 Å². The molecule has 29 heavy (non-hydrogen) atoms. The summed E-state index contributed by atoms with van der Waals surface area (Å²) in [5.74, 6) is 0.411. The van der Waals surface area contributed by atoms with Crippen LogP contribution in [0.4, 0.5) is 5.69 Å². The summed E-state index contributed by atoms with van der Waals surface area (Å²) < 4.78 is 5.03. The van der Waals surface area contributed by atoms with E-state index in [0.717, 1.165) is 16.8 Å². The highest BCUT2D eigenvalue weighted by atomic mass is 16.5. The second-order valence-corrected chi connectivity index (χ2v) is 7.30. The molecule has 0 saturated carbocycles. The number of amides is 2. The molecule has 2 heterocycles. The number of hydrogen-bond acceptors (Lipinski definition) is 5. The molecule has 4 rings (SSSR count). The van der Waals surface area contributed by atoms with Gasteiger partial charge in [0.25, 0.3) is 0 Å². The number of aromatic nitrogens is 2. The van der Waals surface area contributed by atoms with Gasteiger partial charge in [-0.15, -0.1) is 0 Å². The second kappa shape index (κ2) is 7.87. The number of carbonyl (C=O) groups is 2. The number of carbonyl (C=O) groups excluding carboxylic acids is 2. The Morgan fingerprint density at radius 3 is 2.72 bits per heavy atom. The monoisotopic (exact) mass is 390 g/mol. The van der Waals surface area contributed by atoms with Crippen molar-refractivity contribution in [3.63, 3.8) is 0 Å². The van der Waals surface area contributed by atoms with Crippen LogP contribution in [0.3, 0.4) is 0 Å². The molecule has 0 radical (unpaired) electrons. The van der Waals surface area contributed by atoms with E-state index in [-0.39, 0.29) is 24.2 Å². The molecule has 1 fully saturated rings. The zero-order chi connectivity index (χ0) is 20.4. The molecule has 1 aliphatic rings. The first-order chi connectivity index (χ1) is 14.0. The minimum Gasteiger partial charge on any atom is -0.352 e. The molecular weight excluding hydrogens is 368 g/mol. The van der Waals surface area contributed by atoms with Crippen LogP contribution in [0.1, 0.15) is 23.4 Å². The third kappa shape index (κ3) is 4.18. The molecule has 1 aromatic heterocycles. The maximum Gasteiger partial charge on any atom is 0.227 e. The Kier molecular flexibility index (Phi) is 5.12. The fraction of sp³-hybridized carbons (Fsp3) is 0.273. The van der Waals surface area contributed by atoms with Gasteiger partial charge in [0.15, 0.2) is 0 Å². The zero-order valence-electron chi connectivity index (χ0n) is 16.4. The Bertz CT molecular complexity index is 1040. The number of benzene rings is 2. The molecule has 1 atom stereocenters. The summed E-state index contributed by atoms with van der Waals surface area (Å²) in [6.45, 7) is 4.56. The molecule has 0 aliphatic carbocycles. The lowest BCUT2D eigenvalue weighted by atomic mass is 10.1. The summed E-state index contributed by atoms with van der Waals surface area (Å²) in [5, 5.41) is 6.86. The van der Waals surface area contributed by atoms with Gasteiger partial charge < -0.3 is 14.7 Å². The van der Waals surface area contributed by atoms with Gasteiger partial charge in [0.1, 0.15) is 0 Å². The van der Waals surface area contributed by atoms with Gasteiger partial charge in [0.2, 0.25) is 23.5 Å². The topological polar surface area (TPSA) is 88.3 Å². The largest absolute Gasteiger partial charge is 0.352 e. The Hall–Kier alpha value is -3.48. The number of nitrogens with zero attached hydrogens (tertiary/aromatic N) is 3. The summed E-state index contributed by atoms with van der Waals surface area (Å²) in [6, 6.07) is 15.4. The van der Waals surface area contributed by atoms with Crippen LogP contribution in [0.2, 0.25) is 0 Å². The number of nitrogens with one attached hydrogen (secondary N) is 1. The second-order valence-electron chi connectivity index (χ2n) is 7.30. The standard InChI is InChI=1S/C22H22N4O3/c1-14-6-8-16(9-7-14)12-23-22(28)18-11-20(27)26(13-18)19-5-3-4-17(10-19)21-24-15(2)29-25-21/h3-10,18H,11-13H2,1-2H3,(H,23,28). The van der Waals surface area contributed by atoms with Crippen molar-refractivity contribution in [3.05, 3.63) is 65.5 Å². The Morgan fingerprint density at radius 2 is 2.00 bits per heavy atom. The van der Waals surface area contributed by atoms with Crippen molar-refractivity contribution < 1.29 is 14.1 Å². The molecule has 1 unspecified atom stereocenters. The number of hydrogen-bond donors (Lipinski definition) is 1. The van der Waals surface area contributed by atoms with Gasteiger partial charge in [-0.2, -0.15) is 4.98 Å². The van der Waals surface area contributed by atoms with Gasteiger partial charge >= 0.3 is 0 Å². The lowest BCUT2D eigenvalue weighted by molar-refractivity contribution is -0.126. The molecule has 148 valence electrons. The number of rotatable bonds is 5. The molecule has 2 amide bonds. The first-order valence-corrected chi connectivity index (χ1v) is 9.54. The van der Waals surface area contributed by atoms with E-state index in [4.69, 9.17) is 4.52 Å². The van der Waals surface area contributed by atoms with Crippen molar-refractivity contribution in [2.45, 2.75) is 26.8 Å². The number of anilines is 1. The molecule has 2 aromatic carbocycles. The minimum absolute atomic E-state index is 0.0677. The molecule has 7 heteroatoms. The molecule has 3 aromatic rings. The predicted molar refractivity (Wildman–Crippen MR) is 108 cm³/mol. The highest BCUT2D eigenvalue weighted by molar-refractivity contribution is 6.00. The SMILES string of the molecule is Cc1ccc(CNC(=O)C2CC(=O)N(c3cccc(-c4noc(C)n4)c3)C2)cc1. The van der Waals surface area contributed by atoms with E-state index in [2.05, 4.69) is 15.5 Å². The van der Waals surface area contributed by atoms with E-state index in [1.165, 1.54) is 5.56 Å². The Morgan fingerprint density at radius 1 is 1.21 bits per heavy atom.